The summed E-state index contributed by atoms with van der Waals surface area (Å²) in [5.41, 5.74) is -0.307. The molecule has 1 saturated heterocycles. The van der Waals surface area contributed by atoms with Crippen molar-refractivity contribution >= 4 is 29.1 Å². The topological polar surface area (TPSA) is 78.8 Å². The van der Waals surface area contributed by atoms with E-state index in [1.165, 1.54) is 18.2 Å². The fourth-order valence-electron chi connectivity index (χ4n) is 2.39. The van der Waals surface area contributed by atoms with Gasteiger partial charge in [-0.25, -0.2) is 0 Å². The van der Waals surface area contributed by atoms with Gasteiger partial charge in [0.15, 0.2) is 6.10 Å². The standard InChI is InChI=1S/C14H17Cl2NO4/c15-10-5-9(6-11(16)7-10)12(19)13(20)17-14(1-3-18)2-4-21-8-14/h5-7,12,18-19H,1-4,8H2,(H,17,20)/t12-,14-/m0/s1. The number of carbonyl (C=O) groups is 1. The summed E-state index contributed by atoms with van der Waals surface area (Å²) < 4.78 is 5.29. The van der Waals surface area contributed by atoms with E-state index in [9.17, 15) is 9.90 Å². The van der Waals surface area contributed by atoms with E-state index in [2.05, 4.69) is 5.32 Å². The summed E-state index contributed by atoms with van der Waals surface area (Å²) in [6.07, 6.45) is -0.401. The molecule has 0 aliphatic carbocycles. The Morgan fingerprint density at radius 3 is 2.57 bits per heavy atom. The fourth-order valence-corrected chi connectivity index (χ4v) is 2.94. The van der Waals surface area contributed by atoms with Gasteiger partial charge in [-0.2, -0.15) is 0 Å². The van der Waals surface area contributed by atoms with Crippen molar-refractivity contribution in [1.29, 1.82) is 0 Å². The van der Waals surface area contributed by atoms with Crippen LogP contribution in [-0.4, -0.2) is 41.5 Å². The summed E-state index contributed by atoms with van der Waals surface area (Å²) in [6.45, 7) is 0.768. The Kier molecular flexibility index (Phi) is 5.46. The summed E-state index contributed by atoms with van der Waals surface area (Å²) >= 11 is 11.7. The number of rotatable bonds is 5. The van der Waals surface area contributed by atoms with Crippen molar-refractivity contribution in [2.24, 2.45) is 0 Å². The van der Waals surface area contributed by atoms with Crippen molar-refractivity contribution in [1.82, 2.24) is 5.32 Å². The summed E-state index contributed by atoms with van der Waals surface area (Å²) in [7, 11) is 0. The molecule has 3 N–H and O–H groups in total. The molecule has 1 aromatic carbocycles. The number of benzene rings is 1. The number of hydrogen-bond donors (Lipinski definition) is 3. The SMILES string of the molecule is O=C(N[C@@]1(CCO)CCOC1)[C@@H](O)c1cc(Cl)cc(Cl)c1. The maximum atomic E-state index is 12.2. The van der Waals surface area contributed by atoms with Gasteiger partial charge in [-0.05, 0) is 36.6 Å². The van der Waals surface area contributed by atoms with E-state index in [1.807, 2.05) is 0 Å². The van der Waals surface area contributed by atoms with Crippen molar-refractivity contribution in [3.63, 3.8) is 0 Å². The van der Waals surface area contributed by atoms with Gasteiger partial charge in [0.1, 0.15) is 0 Å². The number of hydrogen-bond acceptors (Lipinski definition) is 4. The average Bonchev–Trinajstić information content (AvgIpc) is 2.85. The van der Waals surface area contributed by atoms with E-state index >= 15 is 0 Å². The molecule has 1 fully saturated rings. The van der Waals surface area contributed by atoms with E-state index in [4.69, 9.17) is 33.0 Å². The molecule has 0 unspecified atom stereocenters. The predicted octanol–water partition coefficient (Wildman–Crippen LogP) is 1.68. The molecule has 1 aliphatic heterocycles. The molecular weight excluding hydrogens is 317 g/mol. The minimum absolute atomic E-state index is 0.0667. The molecule has 1 aromatic rings. The van der Waals surface area contributed by atoms with Gasteiger partial charge in [0.05, 0.1) is 12.1 Å². The van der Waals surface area contributed by atoms with Crippen LogP contribution in [-0.2, 0) is 9.53 Å². The Morgan fingerprint density at radius 2 is 2.05 bits per heavy atom. The molecule has 5 nitrogen and oxygen atoms in total. The van der Waals surface area contributed by atoms with Gasteiger partial charge < -0.3 is 20.3 Å². The quantitative estimate of drug-likeness (QED) is 0.766. The van der Waals surface area contributed by atoms with Crippen LogP contribution in [0.25, 0.3) is 0 Å². The van der Waals surface area contributed by atoms with Gasteiger partial charge in [-0.3, -0.25) is 4.79 Å². The van der Waals surface area contributed by atoms with Crippen LogP contribution in [0.3, 0.4) is 0 Å². The molecular formula is C14H17Cl2NO4. The third-order valence-electron chi connectivity index (χ3n) is 3.53. The molecule has 0 radical (unpaired) electrons. The smallest absolute Gasteiger partial charge is 0.253 e. The highest BCUT2D eigenvalue weighted by Gasteiger charge is 2.37. The zero-order chi connectivity index (χ0) is 15.5. The van der Waals surface area contributed by atoms with Crippen LogP contribution in [0, 0.1) is 0 Å². The molecule has 2 rings (SSSR count). The lowest BCUT2D eigenvalue weighted by atomic mass is 9.94. The zero-order valence-electron chi connectivity index (χ0n) is 11.3. The highest BCUT2D eigenvalue weighted by atomic mass is 35.5. The lowest BCUT2D eigenvalue weighted by molar-refractivity contribution is -0.132. The Bertz CT molecular complexity index is 497. The Balaban J connectivity index is 2.11. The van der Waals surface area contributed by atoms with Crippen molar-refractivity contribution in [2.45, 2.75) is 24.5 Å². The van der Waals surface area contributed by atoms with Crippen molar-refractivity contribution < 1.29 is 19.7 Å². The molecule has 0 spiro atoms. The Hall–Kier alpha value is -0.850. The van der Waals surface area contributed by atoms with Crippen LogP contribution in [0.5, 0.6) is 0 Å². The molecule has 116 valence electrons. The third-order valence-corrected chi connectivity index (χ3v) is 3.97. The second-order valence-electron chi connectivity index (χ2n) is 5.15. The highest BCUT2D eigenvalue weighted by Crippen LogP contribution is 2.26. The average molecular weight is 334 g/mol. The van der Waals surface area contributed by atoms with E-state index in [-0.39, 0.29) is 6.61 Å². The highest BCUT2D eigenvalue weighted by molar-refractivity contribution is 6.34. The van der Waals surface area contributed by atoms with E-state index in [0.717, 1.165) is 0 Å². The first-order chi connectivity index (χ1) is 9.96. The molecule has 0 bridgehead atoms. The zero-order valence-corrected chi connectivity index (χ0v) is 12.8. The van der Waals surface area contributed by atoms with Gasteiger partial charge in [0, 0.05) is 23.3 Å². The van der Waals surface area contributed by atoms with Gasteiger partial charge >= 0.3 is 0 Å². The number of aliphatic hydroxyl groups is 2. The number of amides is 1. The maximum Gasteiger partial charge on any atom is 0.253 e. The monoisotopic (exact) mass is 333 g/mol. The van der Waals surface area contributed by atoms with Crippen molar-refractivity contribution in [2.75, 3.05) is 19.8 Å². The van der Waals surface area contributed by atoms with Crippen LogP contribution in [0.4, 0.5) is 0 Å². The van der Waals surface area contributed by atoms with Crippen LogP contribution in [0.2, 0.25) is 10.0 Å². The van der Waals surface area contributed by atoms with Gasteiger partial charge in [0.2, 0.25) is 0 Å². The third kappa shape index (κ3) is 4.08. The second-order valence-corrected chi connectivity index (χ2v) is 6.02. The molecule has 0 aromatic heterocycles. The van der Waals surface area contributed by atoms with Crippen LogP contribution in [0.1, 0.15) is 24.5 Å². The molecule has 0 saturated carbocycles. The molecule has 21 heavy (non-hydrogen) atoms. The lowest BCUT2D eigenvalue weighted by Gasteiger charge is -2.29. The minimum atomic E-state index is -1.38. The van der Waals surface area contributed by atoms with Crippen molar-refractivity contribution in [3.8, 4) is 0 Å². The number of carbonyl (C=O) groups excluding carboxylic acids is 1. The predicted molar refractivity (Wildman–Crippen MR) is 79.4 cm³/mol. The summed E-state index contributed by atoms with van der Waals surface area (Å²) in [5, 5.41) is 22.7. The number of nitrogens with one attached hydrogen (secondary N) is 1. The molecule has 7 heteroatoms. The van der Waals surface area contributed by atoms with E-state index < -0.39 is 17.6 Å². The van der Waals surface area contributed by atoms with E-state index in [1.54, 1.807) is 0 Å². The fraction of sp³-hybridized carbons (Fsp3) is 0.500. The first-order valence-corrected chi connectivity index (χ1v) is 7.36. The second kappa shape index (κ2) is 6.94. The number of halogens is 2. The van der Waals surface area contributed by atoms with Crippen LogP contribution >= 0.6 is 23.2 Å². The first-order valence-electron chi connectivity index (χ1n) is 6.60. The lowest BCUT2D eigenvalue weighted by Crippen LogP contribution is -2.51. The molecule has 1 amide bonds. The first kappa shape index (κ1) is 16.5. The summed E-state index contributed by atoms with van der Waals surface area (Å²) in [4.78, 5) is 12.2. The van der Waals surface area contributed by atoms with Crippen LogP contribution in [0.15, 0.2) is 18.2 Å². The van der Waals surface area contributed by atoms with Gasteiger partial charge in [-0.1, -0.05) is 23.2 Å². The van der Waals surface area contributed by atoms with Gasteiger partial charge in [0.25, 0.3) is 5.91 Å². The summed E-state index contributed by atoms with van der Waals surface area (Å²) in [6, 6.07) is 4.50. The Labute approximate surface area is 132 Å². The Morgan fingerprint density at radius 1 is 1.38 bits per heavy atom. The summed E-state index contributed by atoms with van der Waals surface area (Å²) in [5.74, 6) is -0.563. The maximum absolute atomic E-state index is 12.2. The van der Waals surface area contributed by atoms with Gasteiger partial charge in [-0.15, -0.1) is 0 Å². The largest absolute Gasteiger partial charge is 0.396 e. The minimum Gasteiger partial charge on any atom is -0.396 e. The number of aliphatic hydroxyl groups excluding tert-OH is 2. The molecule has 2 atom stereocenters. The molecule has 1 heterocycles. The van der Waals surface area contributed by atoms with Crippen molar-refractivity contribution in [3.05, 3.63) is 33.8 Å². The molecule has 1 aliphatic rings. The normalized spacial score (nSPS) is 23.0. The van der Waals surface area contributed by atoms with E-state index in [0.29, 0.717) is 41.7 Å². The van der Waals surface area contributed by atoms with Crippen LogP contribution < -0.4 is 5.32 Å². The number of ether oxygens (including phenoxy) is 1.